The van der Waals surface area contributed by atoms with Crippen LogP contribution >= 0.6 is 0 Å². The van der Waals surface area contributed by atoms with E-state index in [1.165, 1.54) is 11.3 Å². The first kappa shape index (κ1) is 22.5. The van der Waals surface area contributed by atoms with Crippen LogP contribution in [-0.4, -0.2) is 52.1 Å². The molecule has 1 saturated heterocycles. The fourth-order valence-corrected chi connectivity index (χ4v) is 4.98. The average Bonchev–Trinajstić information content (AvgIpc) is 2.69. The van der Waals surface area contributed by atoms with Crippen LogP contribution in [0.5, 0.6) is 0 Å². The molecule has 0 aromatic heterocycles. The molecular formula is C22H37N3O3S. The van der Waals surface area contributed by atoms with Crippen LogP contribution < -0.4 is 14.9 Å². The Morgan fingerprint density at radius 1 is 1.03 bits per heavy atom. The summed E-state index contributed by atoms with van der Waals surface area (Å²) in [6.45, 7) is 10.7. The summed E-state index contributed by atoms with van der Waals surface area (Å²) < 4.78 is 32.2. The number of anilines is 1. The third-order valence-corrected chi connectivity index (χ3v) is 8.31. The van der Waals surface area contributed by atoms with Gasteiger partial charge < -0.3 is 15.0 Å². The fourth-order valence-electron chi connectivity index (χ4n) is 3.95. The fraction of sp³-hybridized carbons (Fsp3) is 0.727. The van der Waals surface area contributed by atoms with Gasteiger partial charge >= 0.3 is 0 Å². The number of morpholine rings is 1. The predicted molar refractivity (Wildman–Crippen MR) is 119 cm³/mol. The van der Waals surface area contributed by atoms with Gasteiger partial charge in [0.05, 0.1) is 18.0 Å². The lowest BCUT2D eigenvalue weighted by atomic mass is 9.86. The Balaban J connectivity index is 1.36. The van der Waals surface area contributed by atoms with Crippen LogP contribution in [0, 0.1) is 5.92 Å². The highest BCUT2D eigenvalue weighted by Gasteiger charge is 2.32. The first-order chi connectivity index (χ1) is 13.7. The molecule has 1 aliphatic carbocycles. The summed E-state index contributed by atoms with van der Waals surface area (Å²) in [5, 5.41) is 3.59. The van der Waals surface area contributed by atoms with Crippen molar-refractivity contribution in [3.8, 4) is 0 Å². The Bertz CT molecular complexity index is 730. The van der Waals surface area contributed by atoms with E-state index in [1.807, 2.05) is 0 Å². The smallest absolute Gasteiger partial charge is 0.216 e. The van der Waals surface area contributed by atoms with Crippen molar-refractivity contribution in [1.29, 1.82) is 0 Å². The monoisotopic (exact) mass is 423 g/mol. The van der Waals surface area contributed by atoms with Crippen LogP contribution in [0.4, 0.5) is 5.69 Å². The van der Waals surface area contributed by atoms with Crippen molar-refractivity contribution in [2.24, 2.45) is 5.92 Å². The molecule has 2 fully saturated rings. The van der Waals surface area contributed by atoms with Crippen LogP contribution in [0.15, 0.2) is 24.3 Å². The molecule has 0 amide bonds. The van der Waals surface area contributed by atoms with Crippen LogP contribution in [-0.2, 0) is 21.3 Å². The van der Waals surface area contributed by atoms with E-state index >= 15 is 0 Å². The average molecular weight is 424 g/mol. The zero-order chi connectivity index (χ0) is 20.9. The lowest BCUT2D eigenvalue weighted by Gasteiger charge is -2.31. The van der Waals surface area contributed by atoms with Crippen molar-refractivity contribution < 1.29 is 13.2 Å². The van der Waals surface area contributed by atoms with Gasteiger partial charge in [-0.25, -0.2) is 13.1 Å². The van der Waals surface area contributed by atoms with Gasteiger partial charge in [-0.05, 0) is 76.6 Å². The van der Waals surface area contributed by atoms with Crippen LogP contribution in [0.1, 0.15) is 52.0 Å². The molecule has 2 N–H and O–H groups in total. The van der Waals surface area contributed by atoms with Crippen molar-refractivity contribution in [2.45, 2.75) is 63.8 Å². The number of nitrogens with zero attached hydrogens (tertiary/aromatic N) is 1. The molecule has 164 valence electrons. The largest absolute Gasteiger partial charge is 0.378 e. The van der Waals surface area contributed by atoms with E-state index in [0.29, 0.717) is 5.92 Å². The Morgan fingerprint density at radius 2 is 1.66 bits per heavy atom. The lowest BCUT2D eigenvalue weighted by Crippen LogP contribution is -2.46. The summed E-state index contributed by atoms with van der Waals surface area (Å²) in [5.74, 6) is 0.623. The van der Waals surface area contributed by atoms with Crippen molar-refractivity contribution >= 4 is 15.7 Å². The second-order valence-electron chi connectivity index (χ2n) is 9.35. The maximum absolute atomic E-state index is 12.3. The van der Waals surface area contributed by atoms with Gasteiger partial charge in [0.2, 0.25) is 10.0 Å². The molecule has 0 atom stereocenters. The highest BCUT2D eigenvalue weighted by atomic mass is 32.2. The summed E-state index contributed by atoms with van der Waals surface area (Å²) in [7, 11) is -3.26. The summed E-state index contributed by atoms with van der Waals surface area (Å²) in [5.41, 5.74) is 2.57. The molecule has 6 nitrogen and oxygen atoms in total. The minimum absolute atomic E-state index is 0.0863. The minimum Gasteiger partial charge on any atom is -0.378 e. The first-order valence-corrected chi connectivity index (χ1v) is 12.4. The lowest BCUT2D eigenvalue weighted by molar-refractivity contribution is 0.122. The molecule has 29 heavy (non-hydrogen) atoms. The standard InChI is InChI=1S/C22H37N3O3S/c1-22(2,3)29(26,27)24-20-8-4-18(5-9-20)16-23-17-19-6-10-21(11-7-19)25-12-14-28-15-13-25/h6-7,10-11,18,20,23-24H,4-5,8-9,12-17H2,1-3H3. The third kappa shape index (κ3) is 6.41. The van der Waals surface area contributed by atoms with Crippen molar-refractivity contribution in [3.05, 3.63) is 29.8 Å². The zero-order valence-electron chi connectivity index (χ0n) is 18.1. The minimum atomic E-state index is -3.26. The number of hydrogen-bond donors (Lipinski definition) is 2. The van der Waals surface area contributed by atoms with E-state index < -0.39 is 14.8 Å². The van der Waals surface area contributed by atoms with E-state index in [2.05, 4.69) is 39.2 Å². The predicted octanol–water partition coefficient (Wildman–Crippen LogP) is 2.89. The van der Waals surface area contributed by atoms with E-state index in [9.17, 15) is 8.42 Å². The molecule has 7 heteroatoms. The molecule has 1 aliphatic heterocycles. The molecular weight excluding hydrogens is 386 g/mol. The Kier molecular flexibility index (Phi) is 7.59. The van der Waals surface area contributed by atoms with Crippen LogP contribution in [0.25, 0.3) is 0 Å². The second-order valence-corrected chi connectivity index (χ2v) is 11.8. The van der Waals surface area contributed by atoms with Crippen molar-refractivity contribution in [3.63, 3.8) is 0 Å². The summed E-state index contributed by atoms with van der Waals surface area (Å²) in [4.78, 5) is 2.37. The van der Waals surface area contributed by atoms with Gasteiger partial charge in [0, 0.05) is 31.4 Å². The molecule has 0 bridgehead atoms. The van der Waals surface area contributed by atoms with E-state index in [0.717, 1.165) is 65.1 Å². The molecule has 0 radical (unpaired) electrons. The molecule has 1 aromatic rings. The molecule has 3 rings (SSSR count). The van der Waals surface area contributed by atoms with Gasteiger partial charge in [-0.15, -0.1) is 0 Å². The van der Waals surface area contributed by atoms with Crippen molar-refractivity contribution in [2.75, 3.05) is 37.7 Å². The molecule has 2 aliphatic rings. The number of benzene rings is 1. The van der Waals surface area contributed by atoms with Gasteiger partial charge in [-0.2, -0.15) is 0 Å². The third-order valence-electron chi connectivity index (χ3n) is 6.05. The molecule has 0 spiro atoms. The Morgan fingerprint density at radius 3 is 2.24 bits per heavy atom. The topological polar surface area (TPSA) is 70.7 Å². The molecule has 1 heterocycles. The maximum Gasteiger partial charge on any atom is 0.216 e. The SMILES string of the molecule is CC(C)(C)S(=O)(=O)NC1CCC(CNCc2ccc(N3CCOCC3)cc2)CC1. The summed E-state index contributed by atoms with van der Waals surface area (Å²) in [6.07, 6.45) is 3.99. The second kappa shape index (κ2) is 9.77. The van der Waals surface area contributed by atoms with E-state index in [-0.39, 0.29) is 6.04 Å². The maximum atomic E-state index is 12.3. The summed E-state index contributed by atoms with van der Waals surface area (Å²) in [6, 6.07) is 8.90. The van der Waals surface area contributed by atoms with Crippen LogP contribution in [0.3, 0.4) is 0 Å². The highest BCUT2D eigenvalue weighted by molar-refractivity contribution is 7.90. The Labute approximate surface area is 176 Å². The Hall–Kier alpha value is -1.15. The molecule has 0 unspecified atom stereocenters. The van der Waals surface area contributed by atoms with Crippen molar-refractivity contribution in [1.82, 2.24) is 10.0 Å². The zero-order valence-corrected chi connectivity index (χ0v) is 18.9. The number of nitrogens with one attached hydrogen (secondary N) is 2. The van der Waals surface area contributed by atoms with Gasteiger partial charge in [0.1, 0.15) is 0 Å². The van der Waals surface area contributed by atoms with E-state index in [4.69, 9.17) is 4.74 Å². The van der Waals surface area contributed by atoms with Crippen LogP contribution in [0.2, 0.25) is 0 Å². The normalized spacial score (nSPS) is 23.9. The quantitative estimate of drug-likeness (QED) is 0.706. The number of sulfonamides is 1. The van der Waals surface area contributed by atoms with Gasteiger partial charge in [0.25, 0.3) is 0 Å². The van der Waals surface area contributed by atoms with E-state index in [1.54, 1.807) is 20.8 Å². The van der Waals surface area contributed by atoms with Gasteiger partial charge in [-0.1, -0.05) is 12.1 Å². The summed E-state index contributed by atoms with van der Waals surface area (Å²) >= 11 is 0. The van der Waals surface area contributed by atoms with Gasteiger partial charge in [0.15, 0.2) is 0 Å². The highest BCUT2D eigenvalue weighted by Crippen LogP contribution is 2.26. The number of hydrogen-bond acceptors (Lipinski definition) is 5. The van der Waals surface area contributed by atoms with Gasteiger partial charge in [-0.3, -0.25) is 0 Å². The number of rotatable bonds is 7. The molecule has 1 saturated carbocycles. The number of ether oxygens (including phenoxy) is 1. The molecule has 1 aromatic carbocycles. The first-order valence-electron chi connectivity index (χ1n) is 10.9.